The van der Waals surface area contributed by atoms with Gasteiger partial charge >= 0.3 is 0 Å². The van der Waals surface area contributed by atoms with Crippen LogP contribution >= 0.6 is 0 Å². The Morgan fingerprint density at radius 1 is 1.18 bits per heavy atom. The molecule has 1 saturated carbocycles. The summed E-state index contributed by atoms with van der Waals surface area (Å²) in [6.45, 7) is 1.90. The van der Waals surface area contributed by atoms with E-state index in [9.17, 15) is 0 Å². The number of fused-ring (bicyclic) bond motifs is 1. The average Bonchev–Trinajstić information content (AvgIpc) is 3.26. The number of hydrogen-bond donors (Lipinski definition) is 4. The lowest BCUT2D eigenvalue weighted by molar-refractivity contribution is 0.150. The Kier molecular flexibility index (Phi) is 6.58. The lowest BCUT2D eigenvalue weighted by Crippen LogP contribution is -2.61. The van der Waals surface area contributed by atoms with Crippen LogP contribution in [-0.2, 0) is 6.54 Å². The third-order valence-corrected chi connectivity index (χ3v) is 8.00. The Bertz CT molecular complexity index is 1080. The van der Waals surface area contributed by atoms with Crippen LogP contribution in [0.2, 0.25) is 0 Å². The topological polar surface area (TPSA) is 90.7 Å². The number of allylic oxidation sites excluding steroid dienone is 1. The zero-order valence-electron chi connectivity index (χ0n) is 20.9. The number of nitrogens with one attached hydrogen (secondary N) is 3. The van der Waals surface area contributed by atoms with E-state index in [1.165, 1.54) is 47.9 Å². The lowest BCUT2D eigenvalue weighted by atomic mass is 9.77. The third-order valence-electron chi connectivity index (χ3n) is 8.00. The summed E-state index contributed by atoms with van der Waals surface area (Å²) in [6, 6.07) is 6.19. The molecule has 2 aliphatic carbocycles. The standard InChI is InChI=1S/C27H40N6O/c1-33(2)26-22-6-4-5-7-25(22)31-27(28,32-26)20-10-8-18(9-11-20)15-29-16-19-17-30-24-13-12-21(34-3)14-23(19)24/h12-14,17-18,20,29-31H,4-11,15-16,28H2,1-3H3. The van der Waals surface area contributed by atoms with Crippen LogP contribution in [0.15, 0.2) is 40.7 Å². The van der Waals surface area contributed by atoms with E-state index >= 15 is 0 Å². The van der Waals surface area contributed by atoms with Gasteiger partial charge < -0.3 is 25.3 Å². The fraction of sp³-hybridized carbons (Fsp3) is 0.593. The SMILES string of the molecule is COc1ccc2[nH]cc(CNCC3CCC(C4(N)N=C(N(C)C)C5=C(CCCC5)N4)CC3)c2c1. The van der Waals surface area contributed by atoms with Crippen molar-refractivity contribution in [2.75, 3.05) is 27.7 Å². The Labute approximate surface area is 203 Å². The molecule has 0 saturated heterocycles. The van der Waals surface area contributed by atoms with E-state index in [2.05, 4.69) is 52.9 Å². The fourth-order valence-electron chi connectivity index (χ4n) is 6.01. The second-order valence-electron chi connectivity index (χ2n) is 10.5. The predicted octanol–water partition coefficient (Wildman–Crippen LogP) is 4.08. The van der Waals surface area contributed by atoms with Crippen LogP contribution in [0.3, 0.4) is 0 Å². The van der Waals surface area contributed by atoms with E-state index < -0.39 is 5.79 Å². The van der Waals surface area contributed by atoms with Crippen LogP contribution in [0.5, 0.6) is 5.75 Å². The van der Waals surface area contributed by atoms with Gasteiger partial charge in [0.05, 0.1) is 7.11 Å². The number of rotatable bonds is 6. The molecule has 1 atom stereocenters. The minimum atomic E-state index is -0.669. The highest BCUT2D eigenvalue weighted by molar-refractivity contribution is 5.99. The summed E-state index contributed by atoms with van der Waals surface area (Å²) in [5, 5.41) is 8.64. The molecular weight excluding hydrogens is 424 g/mol. The minimum Gasteiger partial charge on any atom is -0.497 e. The summed E-state index contributed by atoms with van der Waals surface area (Å²) < 4.78 is 5.40. The molecule has 0 amide bonds. The van der Waals surface area contributed by atoms with Gasteiger partial charge in [0.15, 0.2) is 5.79 Å². The smallest absolute Gasteiger partial charge is 0.187 e. The van der Waals surface area contributed by atoms with Crippen molar-refractivity contribution in [3.8, 4) is 5.75 Å². The maximum atomic E-state index is 6.97. The molecule has 184 valence electrons. The Balaban J connectivity index is 1.17. The van der Waals surface area contributed by atoms with E-state index in [-0.39, 0.29) is 0 Å². The van der Waals surface area contributed by atoms with Crippen LogP contribution in [0.1, 0.15) is 56.9 Å². The van der Waals surface area contributed by atoms with Crippen molar-refractivity contribution >= 4 is 16.7 Å². The van der Waals surface area contributed by atoms with Gasteiger partial charge in [0.25, 0.3) is 0 Å². The van der Waals surface area contributed by atoms with Gasteiger partial charge in [0.1, 0.15) is 11.6 Å². The van der Waals surface area contributed by atoms with Crippen LogP contribution in [0.4, 0.5) is 0 Å². The number of ether oxygens (including phenoxy) is 1. The summed E-state index contributed by atoms with van der Waals surface area (Å²) in [6.07, 6.45) is 11.4. The van der Waals surface area contributed by atoms with Gasteiger partial charge in [-0.3, -0.25) is 5.73 Å². The highest BCUT2D eigenvalue weighted by Gasteiger charge is 2.42. The highest BCUT2D eigenvalue weighted by atomic mass is 16.5. The largest absolute Gasteiger partial charge is 0.497 e. The molecule has 1 aliphatic heterocycles. The van der Waals surface area contributed by atoms with Crippen LogP contribution in [0, 0.1) is 11.8 Å². The first kappa shape index (κ1) is 23.2. The first-order chi connectivity index (χ1) is 16.5. The van der Waals surface area contributed by atoms with Crippen molar-refractivity contribution < 1.29 is 4.74 Å². The van der Waals surface area contributed by atoms with Gasteiger partial charge in [0.2, 0.25) is 0 Å². The van der Waals surface area contributed by atoms with Crippen molar-refractivity contribution in [1.29, 1.82) is 0 Å². The average molecular weight is 465 g/mol. The number of hydrogen-bond acceptors (Lipinski definition) is 6. The molecule has 3 aliphatic rings. The van der Waals surface area contributed by atoms with Gasteiger partial charge in [-0.1, -0.05) is 0 Å². The van der Waals surface area contributed by atoms with Gasteiger partial charge in [-0.25, -0.2) is 4.99 Å². The molecule has 2 heterocycles. The molecule has 1 aromatic heterocycles. The van der Waals surface area contributed by atoms with E-state index in [0.717, 1.165) is 55.9 Å². The van der Waals surface area contributed by atoms with Crippen molar-refractivity contribution in [1.82, 2.24) is 20.5 Å². The quantitative estimate of drug-likeness (QED) is 0.517. The number of aromatic amines is 1. The number of nitrogens with two attached hydrogens (primary N) is 1. The molecule has 7 heteroatoms. The zero-order valence-corrected chi connectivity index (χ0v) is 20.9. The van der Waals surface area contributed by atoms with Crippen molar-refractivity contribution in [3.05, 3.63) is 41.2 Å². The number of benzene rings is 1. The molecular formula is C27H40N6O. The van der Waals surface area contributed by atoms with Gasteiger partial charge in [0, 0.05) is 54.9 Å². The van der Waals surface area contributed by atoms with Gasteiger partial charge in [-0.2, -0.15) is 0 Å². The first-order valence-corrected chi connectivity index (χ1v) is 12.9. The number of H-pyrrole nitrogens is 1. The monoisotopic (exact) mass is 464 g/mol. The van der Waals surface area contributed by atoms with Gasteiger partial charge in [-0.05, 0) is 87.6 Å². The molecule has 5 rings (SSSR count). The number of nitrogens with zero attached hydrogens (tertiary/aromatic N) is 2. The normalized spacial score (nSPS) is 27.2. The first-order valence-electron chi connectivity index (χ1n) is 12.9. The fourth-order valence-corrected chi connectivity index (χ4v) is 6.01. The lowest BCUT2D eigenvalue weighted by Gasteiger charge is -2.45. The Morgan fingerprint density at radius 3 is 2.74 bits per heavy atom. The maximum absolute atomic E-state index is 6.97. The molecule has 0 radical (unpaired) electrons. The molecule has 1 unspecified atom stereocenters. The predicted molar refractivity (Wildman–Crippen MR) is 139 cm³/mol. The Hall–Kier alpha value is -2.51. The zero-order chi connectivity index (χ0) is 23.7. The van der Waals surface area contributed by atoms with Crippen molar-refractivity contribution in [3.63, 3.8) is 0 Å². The summed E-state index contributed by atoms with van der Waals surface area (Å²) in [5.74, 6) is 2.38. The van der Waals surface area contributed by atoms with E-state index in [1.54, 1.807) is 7.11 Å². The molecule has 34 heavy (non-hydrogen) atoms. The number of aliphatic imine (C=N–C) groups is 1. The second-order valence-corrected chi connectivity index (χ2v) is 10.5. The van der Waals surface area contributed by atoms with E-state index in [1.807, 2.05) is 6.07 Å². The second kappa shape index (κ2) is 9.62. The van der Waals surface area contributed by atoms with Crippen LogP contribution in [0.25, 0.3) is 10.9 Å². The Morgan fingerprint density at radius 2 is 1.97 bits per heavy atom. The number of amidine groups is 1. The summed E-state index contributed by atoms with van der Waals surface area (Å²) in [4.78, 5) is 10.6. The minimum absolute atomic E-state index is 0.371. The summed E-state index contributed by atoms with van der Waals surface area (Å²) >= 11 is 0. The van der Waals surface area contributed by atoms with E-state index in [0.29, 0.717) is 11.8 Å². The molecule has 0 spiro atoms. The van der Waals surface area contributed by atoms with Gasteiger partial charge in [-0.15, -0.1) is 0 Å². The molecule has 1 fully saturated rings. The molecule has 5 N–H and O–H groups in total. The number of aromatic nitrogens is 1. The molecule has 7 nitrogen and oxygen atoms in total. The third kappa shape index (κ3) is 4.56. The summed E-state index contributed by atoms with van der Waals surface area (Å²) in [5.41, 5.74) is 12.1. The molecule has 0 bridgehead atoms. The number of methoxy groups -OCH3 is 1. The maximum Gasteiger partial charge on any atom is 0.187 e. The number of likely N-dealkylation sites (N-methyl/N-ethyl adjacent to an activating group) is 1. The van der Waals surface area contributed by atoms with Crippen molar-refractivity contribution in [2.24, 2.45) is 22.6 Å². The highest BCUT2D eigenvalue weighted by Crippen LogP contribution is 2.38. The molecule has 1 aromatic carbocycles. The van der Waals surface area contributed by atoms with Crippen LogP contribution < -0.4 is 21.1 Å². The summed E-state index contributed by atoms with van der Waals surface area (Å²) in [7, 11) is 5.90. The van der Waals surface area contributed by atoms with Crippen molar-refractivity contribution in [2.45, 2.75) is 63.7 Å². The molecule has 2 aromatic rings. The van der Waals surface area contributed by atoms with Crippen LogP contribution in [-0.4, -0.2) is 49.3 Å². The van der Waals surface area contributed by atoms with E-state index in [4.69, 9.17) is 15.5 Å².